The van der Waals surface area contributed by atoms with Crippen molar-refractivity contribution in [3.05, 3.63) is 44.5 Å². The molecule has 3 aromatic rings. The van der Waals surface area contributed by atoms with Gasteiger partial charge in [0.2, 0.25) is 18.5 Å². The maximum Gasteiger partial charge on any atom is 0.414 e. The van der Waals surface area contributed by atoms with E-state index in [4.69, 9.17) is 33.3 Å². The van der Waals surface area contributed by atoms with Crippen LogP contribution in [0.25, 0.3) is 11.2 Å². The maximum atomic E-state index is 12.9. The fourth-order valence-electron chi connectivity index (χ4n) is 4.53. The number of nitrogens with zero attached hydrogens (tertiary/aromatic N) is 4. The van der Waals surface area contributed by atoms with Crippen molar-refractivity contribution in [3.63, 3.8) is 0 Å². The number of aliphatic hydroxyl groups is 2. The van der Waals surface area contributed by atoms with Crippen LogP contribution in [0.5, 0.6) is 11.5 Å². The molecular weight excluding hydrogens is 666 g/mol. The lowest BCUT2D eigenvalue weighted by Gasteiger charge is -2.17. The lowest BCUT2D eigenvalue weighted by atomic mass is 10.1. The van der Waals surface area contributed by atoms with Gasteiger partial charge in [-0.25, -0.2) is 9.36 Å². The molecule has 7 N–H and O–H groups in total. The van der Waals surface area contributed by atoms with Gasteiger partial charge in [-0.3, -0.25) is 34.3 Å². The molecule has 22 nitrogen and oxygen atoms in total. The Balaban J connectivity index is 1.53. The minimum atomic E-state index is -4.93. The first-order chi connectivity index (χ1) is 21.4. The highest BCUT2D eigenvalue weighted by atomic mass is 31.2. The molecule has 1 aromatic carbocycles. The summed E-state index contributed by atoms with van der Waals surface area (Å²) in [7, 11) is -5.70. The molecule has 0 radical (unpaired) electrons. The van der Waals surface area contributed by atoms with Crippen LogP contribution in [0, 0.1) is 10.1 Å². The van der Waals surface area contributed by atoms with Crippen LogP contribution < -0.4 is 24.9 Å². The number of ether oxygens (including phenoxy) is 4. The summed E-state index contributed by atoms with van der Waals surface area (Å²) in [4.78, 5) is 70.4. The van der Waals surface area contributed by atoms with Gasteiger partial charge in [0.15, 0.2) is 17.4 Å². The largest absolute Gasteiger partial charge is 0.493 e. The molecule has 3 heterocycles. The number of nitro groups is 1. The van der Waals surface area contributed by atoms with Crippen LogP contribution in [-0.4, -0.2) is 95.5 Å². The van der Waals surface area contributed by atoms with E-state index in [1.54, 1.807) is 0 Å². The fourth-order valence-corrected chi connectivity index (χ4v) is 7.10. The molecule has 252 valence electrons. The number of imidazole rings is 1. The van der Waals surface area contributed by atoms with Gasteiger partial charge >= 0.3 is 26.8 Å². The second-order valence-corrected chi connectivity index (χ2v) is 13.8. The number of hydrogen-bond donors (Lipinski definition) is 7. The van der Waals surface area contributed by atoms with Gasteiger partial charge in [0.05, 0.1) is 44.4 Å². The van der Waals surface area contributed by atoms with E-state index in [-0.39, 0.29) is 28.2 Å². The third-order valence-electron chi connectivity index (χ3n) is 6.55. The zero-order valence-electron chi connectivity index (χ0n) is 24.1. The van der Waals surface area contributed by atoms with Crippen LogP contribution in [0.2, 0.25) is 0 Å². The number of hydrogen-bond acceptors (Lipinski definition) is 14. The van der Waals surface area contributed by atoms with Crippen LogP contribution >= 0.6 is 15.2 Å². The Morgan fingerprint density at radius 2 is 1.85 bits per heavy atom. The number of amides is 1. The van der Waals surface area contributed by atoms with Crippen LogP contribution in [0.4, 0.5) is 16.4 Å². The van der Waals surface area contributed by atoms with E-state index < -0.39 is 87.1 Å². The molecule has 0 saturated carbocycles. The number of aromatic amines is 1. The number of aryl methyl sites for hydroxylation is 1. The Bertz CT molecular complexity index is 1810. The Morgan fingerprint density at radius 1 is 1.20 bits per heavy atom. The van der Waals surface area contributed by atoms with E-state index in [0.29, 0.717) is 0 Å². The van der Waals surface area contributed by atoms with Crippen molar-refractivity contribution in [2.75, 3.05) is 32.0 Å². The van der Waals surface area contributed by atoms with Crippen LogP contribution in [0.15, 0.2) is 23.3 Å². The van der Waals surface area contributed by atoms with E-state index in [0.717, 1.165) is 10.6 Å². The number of benzene rings is 1. The number of carbonyl (C=O) groups excluding carboxylic acids is 1. The van der Waals surface area contributed by atoms with Gasteiger partial charge < -0.3 is 48.4 Å². The first kappa shape index (κ1) is 34.9. The zero-order chi connectivity index (χ0) is 34.1. The third-order valence-corrected chi connectivity index (χ3v) is 10.0. The predicted molar refractivity (Wildman–Crippen MR) is 150 cm³/mol. The molecule has 1 aliphatic rings. The highest BCUT2D eigenvalue weighted by molar-refractivity contribution is 7.70. The van der Waals surface area contributed by atoms with Crippen molar-refractivity contribution < 1.29 is 71.8 Å². The topological polar surface area (TPSA) is 308 Å². The average Bonchev–Trinajstić information content (AvgIpc) is 3.43. The Labute approximate surface area is 256 Å². The van der Waals surface area contributed by atoms with Crippen LogP contribution in [0.3, 0.4) is 0 Å². The summed E-state index contributed by atoms with van der Waals surface area (Å²) in [5, 5.41) is 34.9. The van der Waals surface area contributed by atoms with Gasteiger partial charge in [-0.05, 0) is 6.07 Å². The van der Waals surface area contributed by atoms with Crippen LogP contribution in [0.1, 0.15) is 11.8 Å². The van der Waals surface area contributed by atoms with Crippen molar-refractivity contribution in [3.8, 4) is 11.5 Å². The summed E-state index contributed by atoms with van der Waals surface area (Å²) in [6.07, 6.45) is -6.29. The maximum absolute atomic E-state index is 12.9. The lowest BCUT2D eigenvalue weighted by molar-refractivity contribution is -0.646. The number of fused-ring (bicyclic) bond motifs is 1. The summed E-state index contributed by atoms with van der Waals surface area (Å²) in [5.41, 5.74) is -1.49. The second-order valence-electron chi connectivity index (χ2n) is 9.80. The quantitative estimate of drug-likeness (QED) is 0.0527. The number of H-pyrrole nitrogens is 1. The van der Waals surface area contributed by atoms with Crippen LogP contribution in [-0.2, 0) is 36.8 Å². The number of aromatic nitrogens is 4. The molecule has 1 saturated heterocycles. The van der Waals surface area contributed by atoms with Crippen molar-refractivity contribution in [1.29, 1.82) is 0 Å². The summed E-state index contributed by atoms with van der Waals surface area (Å²) in [6, 6.07) is 2.34. The summed E-state index contributed by atoms with van der Waals surface area (Å²) in [6.45, 7) is -1.45. The molecule has 2 aromatic heterocycles. The van der Waals surface area contributed by atoms with E-state index in [9.17, 15) is 43.9 Å². The number of nitro benzene ring substituents is 1. The molecule has 0 aliphatic carbocycles. The highest BCUT2D eigenvalue weighted by Gasteiger charge is 2.48. The number of nitrogens with one attached hydrogen (secondary N) is 2. The Morgan fingerprint density at radius 3 is 2.46 bits per heavy atom. The third kappa shape index (κ3) is 7.69. The number of aliphatic hydroxyl groups excluding tert-OH is 2. The van der Waals surface area contributed by atoms with Crippen molar-refractivity contribution in [2.24, 2.45) is 7.05 Å². The normalized spacial score (nSPS) is 21.1. The molecule has 5 atom stereocenters. The standard InChI is InChI=1S/C22H28N6O16P2/c1-26-8-27(20-17(30)16(29)14(44-20)7-43-46(38,39)9-45(35,36)37)18-15(26)19(31)24-21(23-18)25-22(32)42-6-10-4-12(40-2)13(41-3)5-11(10)28(33)34/h4-5,8,14,16-17,20,29-30H,6-7,9H2,1-3H3,(H4-,23,24,25,31,32,35,36,37,38,39)/p+1/t14-,16-,17-,20-/m1/s1. The highest BCUT2D eigenvalue weighted by Crippen LogP contribution is 2.55. The predicted octanol–water partition coefficient (Wildman–Crippen LogP) is -0.820. The van der Waals surface area contributed by atoms with Gasteiger partial charge in [-0.15, -0.1) is 0 Å². The lowest BCUT2D eigenvalue weighted by Crippen LogP contribution is -2.34. The minimum absolute atomic E-state index is 0.0423. The van der Waals surface area contributed by atoms with Gasteiger partial charge in [0, 0.05) is 0 Å². The SMILES string of the molecule is COc1cc(COC(=O)Nc2nc3c(c(=O)[nH]2)[n+](C)cn3[C@@H]2O[C@H](COP(=O)(O)CP(=O)(O)O)[C@@H](O)[C@H]2O)c([N+](=O)[O-])cc1OC. The van der Waals surface area contributed by atoms with E-state index in [2.05, 4.69) is 15.3 Å². The zero-order valence-corrected chi connectivity index (χ0v) is 25.9. The summed E-state index contributed by atoms with van der Waals surface area (Å²) >= 11 is 0. The molecule has 1 aliphatic heterocycles. The van der Waals surface area contributed by atoms with E-state index >= 15 is 0 Å². The first-order valence-corrected chi connectivity index (χ1v) is 16.4. The number of anilines is 1. The van der Waals surface area contributed by atoms with Gasteiger partial charge in [-0.2, -0.15) is 9.55 Å². The molecule has 46 heavy (non-hydrogen) atoms. The molecule has 1 unspecified atom stereocenters. The van der Waals surface area contributed by atoms with E-state index in [1.165, 1.54) is 38.2 Å². The summed E-state index contributed by atoms with van der Waals surface area (Å²) < 4.78 is 51.0. The van der Waals surface area contributed by atoms with Gasteiger partial charge in [0.1, 0.15) is 24.9 Å². The average molecular weight is 695 g/mol. The number of carbonyl (C=O) groups is 1. The second kappa shape index (κ2) is 13.4. The fraction of sp³-hybridized carbons (Fsp3) is 0.455. The van der Waals surface area contributed by atoms with Crippen molar-refractivity contribution in [2.45, 2.75) is 31.1 Å². The number of methoxy groups -OCH3 is 2. The molecule has 0 bridgehead atoms. The number of rotatable bonds is 12. The molecule has 1 fully saturated rings. The minimum Gasteiger partial charge on any atom is -0.493 e. The molecule has 0 spiro atoms. The Kier molecular flexibility index (Phi) is 10.2. The molecule has 1 amide bonds. The van der Waals surface area contributed by atoms with Crippen molar-refractivity contribution >= 4 is 44.1 Å². The summed E-state index contributed by atoms with van der Waals surface area (Å²) in [5.74, 6) is -1.72. The molecular formula is C22H29N6O16P2+. The van der Waals surface area contributed by atoms with Gasteiger partial charge in [0.25, 0.3) is 16.9 Å². The smallest absolute Gasteiger partial charge is 0.414 e. The Hall–Kier alpha value is -3.98. The first-order valence-electron chi connectivity index (χ1n) is 12.8. The van der Waals surface area contributed by atoms with Crippen molar-refractivity contribution in [1.82, 2.24) is 14.5 Å². The monoisotopic (exact) mass is 695 g/mol. The molecule has 24 heteroatoms. The van der Waals surface area contributed by atoms with E-state index in [1.807, 2.05) is 0 Å². The molecule has 4 rings (SSSR count). The van der Waals surface area contributed by atoms with Gasteiger partial charge in [-0.1, -0.05) is 0 Å².